The molecule has 0 bridgehead atoms. The summed E-state index contributed by atoms with van der Waals surface area (Å²) in [5.74, 6) is 0. The average molecular weight is 468 g/mol. The van der Waals surface area contributed by atoms with Crippen LogP contribution in [0, 0.1) is 20.9 Å². The zero-order valence-corrected chi connectivity index (χ0v) is 19.7. The summed E-state index contributed by atoms with van der Waals surface area (Å²) in [6.45, 7) is 5.56. The fraction of sp³-hybridized carbons (Fsp3) is 0.217. The predicted molar refractivity (Wildman–Crippen MR) is 121 cm³/mol. The molecule has 1 aliphatic rings. The molecule has 0 radical (unpaired) electrons. The summed E-state index contributed by atoms with van der Waals surface area (Å²) in [6.07, 6.45) is 5.53. The van der Waals surface area contributed by atoms with E-state index in [0.29, 0.717) is 0 Å². The minimum absolute atomic E-state index is 0. The van der Waals surface area contributed by atoms with Crippen molar-refractivity contribution in [1.82, 2.24) is 0 Å². The van der Waals surface area contributed by atoms with E-state index in [9.17, 15) is 0 Å². The van der Waals surface area contributed by atoms with Crippen molar-refractivity contribution in [3.63, 3.8) is 0 Å². The normalized spacial score (nSPS) is 10.3. The Labute approximate surface area is 203 Å². The van der Waals surface area contributed by atoms with Crippen molar-refractivity contribution in [3.05, 3.63) is 86.3 Å². The van der Waals surface area contributed by atoms with E-state index in [1.807, 2.05) is 26.8 Å². The molecule has 0 aromatic heterocycles. The first-order chi connectivity index (χ1) is 10.4. The molecule has 3 aromatic rings. The van der Waals surface area contributed by atoms with E-state index in [0.717, 1.165) is 6.42 Å². The first-order valence-corrected chi connectivity index (χ1v) is 7.71. The Morgan fingerprint density at radius 3 is 1.96 bits per heavy atom. The largest absolute Gasteiger partial charge is 2.00 e. The van der Waals surface area contributed by atoms with E-state index in [4.69, 9.17) is 5.73 Å². The molecule has 1 nitrogen and oxygen atoms in total. The van der Waals surface area contributed by atoms with Crippen molar-refractivity contribution in [2.24, 2.45) is 0 Å². The Hall–Kier alpha value is -0.609. The molecule has 3 aromatic carbocycles. The van der Waals surface area contributed by atoms with Gasteiger partial charge in [0, 0.05) is 0 Å². The zero-order chi connectivity index (χ0) is 15.7. The number of benzene rings is 3. The Bertz CT molecular complexity index is 867. The third kappa shape index (κ3) is 8.02. The Balaban J connectivity index is -0.000000239. The number of rotatable bonds is 0. The van der Waals surface area contributed by atoms with Crippen molar-refractivity contribution in [2.45, 2.75) is 32.7 Å². The Morgan fingerprint density at radius 2 is 1.39 bits per heavy atom. The Morgan fingerprint density at radius 1 is 0.893 bits per heavy atom. The monoisotopic (exact) mass is 467 g/mol. The summed E-state index contributed by atoms with van der Waals surface area (Å²) in [5, 5.41) is 5.31. The van der Waals surface area contributed by atoms with Gasteiger partial charge in [0.25, 0.3) is 0 Å². The zero-order valence-electron chi connectivity index (χ0n) is 16.7. The van der Waals surface area contributed by atoms with Crippen LogP contribution in [0.2, 0.25) is 0 Å². The van der Waals surface area contributed by atoms with Gasteiger partial charge < -0.3 is 45.4 Å². The van der Waals surface area contributed by atoms with Gasteiger partial charge in [-0.2, -0.15) is 0 Å². The number of allylic oxidation sites excluding steroid dienone is 1. The van der Waals surface area contributed by atoms with E-state index >= 15 is 0 Å². The standard InChI is InChI=1S/C17H11.C4H10N.2CH3.2ClH.H4Si.Ti/c1-3-8-14-12(6-1)13-7-2-4-9-15(13)17-11-5-10-16(14)17;1-4(2,3)5;;;;;;/h1-8,10H,11H2;5H,1-3H3;2*1H3;2*1H;1H4;/q4*-1;;;;+2/p-2. The molecule has 0 unspecified atom stereocenters. The maximum absolute atomic E-state index is 6.94. The van der Waals surface area contributed by atoms with Crippen LogP contribution in [0.15, 0.2) is 48.5 Å². The first kappa shape index (κ1) is 34.9. The third-order valence-corrected chi connectivity index (χ3v) is 3.60. The van der Waals surface area contributed by atoms with Crippen LogP contribution < -0.4 is 24.8 Å². The average Bonchev–Trinajstić information content (AvgIpc) is 2.96. The molecule has 5 heteroatoms. The van der Waals surface area contributed by atoms with Crippen LogP contribution in [0.5, 0.6) is 0 Å². The van der Waals surface area contributed by atoms with Crippen molar-refractivity contribution < 1.29 is 46.5 Å². The Kier molecular flexibility index (Phi) is 17.9. The third-order valence-electron chi connectivity index (χ3n) is 3.60. The minimum atomic E-state index is -0.250. The number of hydrogen-bond acceptors (Lipinski definition) is 0. The van der Waals surface area contributed by atoms with Gasteiger partial charge in [0.1, 0.15) is 0 Å². The van der Waals surface area contributed by atoms with Crippen molar-refractivity contribution >= 4 is 38.6 Å². The molecule has 0 amide bonds. The van der Waals surface area contributed by atoms with Gasteiger partial charge in [-0.3, -0.25) is 0 Å². The van der Waals surface area contributed by atoms with Gasteiger partial charge in [0.2, 0.25) is 0 Å². The van der Waals surface area contributed by atoms with E-state index in [1.54, 1.807) is 0 Å². The van der Waals surface area contributed by atoms with Crippen LogP contribution in [0.4, 0.5) is 0 Å². The van der Waals surface area contributed by atoms with E-state index in [2.05, 4.69) is 54.6 Å². The molecule has 0 saturated heterocycles. The minimum Gasteiger partial charge on any atom is -1.00 e. The number of hydrogen-bond donors (Lipinski definition) is 0. The number of nitrogens with one attached hydrogen (secondary N) is 1. The van der Waals surface area contributed by atoms with E-state index < -0.39 is 0 Å². The second-order valence-corrected chi connectivity index (χ2v) is 6.75. The summed E-state index contributed by atoms with van der Waals surface area (Å²) in [6, 6.07) is 18.3. The van der Waals surface area contributed by atoms with Crippen molar-refractivity contribution in [1.29, 1.82) is 0 Å². The van der Waals surface area contributed by atoms with Crippen LogP contribution in [-0.4, -0.2) is 16.5 Å². The molecule has 0 aliphatic heterocycles. The molecule has 0 heterocycles. The van der Waals surface area contributed by atoms with Gasteiger partial charge in [0.15, 0.2) is 0 Å². The smallest absolute Gasteiger partial charge is 1.00 e. The summed E-state index contributed by atoms with van der Waals surface area (Å²) in [4.78, 5) is 0. The predicted octanol–water partition coefficient (Wildman–Crippen LogP) is -0.346. The second kappa shape index (κ2) is 14.4. The number of halogens is 2. The molecule has 0 atom stereocenters. The molecule has 0 spiro atoms. The van der Waals surface area contributed by atoms with E-state index in [-0.39, 0.29) is 77.9 Å². The summed E-state index contributed by atoms with van der Waals surface area (Å²) in [5.41, 5.74) is 9.50. The van der Waals surface area contributed by atoms with E-state index in [1.165, 1.54) is 32.7 Å². The SMILES string of the molecule is CC(C)(C)[NH-].[CH3-].[CH3-].[Cl-].[Cl-].[SiH4].[Ti+2].[c-]1cccc2c1c1c(c3ccccc32)C=CC1. The fourth-order valence-corrected chi connectivity index (χ4v) is 2.86. The first-order valence-electron chi connectivity index (χ1n) is 7.71. The van der Waals surface area contributed by atoms with Crippen LogP contribution in [-0.2, 0) is 28.1 Å². The van der Waals surface area contributed by atoms with Crippen LogP contribution >= 0.6 is 0 Å². The molecule has 0 saturated carbocycles. The molecule has 1 aliphatic carbocycles. The molecule has 4 rings (SSSR count). The van der Waals surface area contributed by atoms with Gasteiger partial charge in [-0.25, -0.2) is 0 Å². The molecule has 0 fully saturated rings. The summed E-state index contributed by atoms with van der Waals surface area (Å²) >= 11 is 0. The van der Waals surface area contributed by atoms with Gasteiger partial charge in [-0.1, -0.05) is 68.1 Å². The molecular formula is C23H31Cl2NSiTi-4. The summed E-state index contributed by atoms with van der Waals surface area (Å²) < 4.78 is 0. The summed E-state index contributed by atoms with van der Waals surface area (Å²) in [7, 11) is 0. The quantitative estimate of drug-likeness (QED) is 0.245. The van der Waals surface area contributed by atoms with Crippen LogP contribution in [0.1, 0.15) is 31.9 Å². The molecule has 1 N–H and O–H groups in total. The van der Waals surface area contributed by atoms with Gasteiger partial charge in [0.05, 0.1) is 0 Å². The molecular weight excluding hydrogens is 437 g/mol. The van der Waals surface area contributed by atoms with Gasteiger partial charge >= 0.3 is 21.7 Å². The fourth-order valence-electron chi connectivity index (χ4n) is 2.86. The molecule has 28 heavy (non-hydrogen) atoms. The topological polar surface area (TPSA) is 23.8 Å². The van der Waals surface area contributed by atoms with Gasteiger partial charge in [-0.05, 0) is 22.8 Å². The number of fused-ring (bicyclic) bond motifs is 6. The van der Waals surface area contributed by atoms with Crippen LogP contribution in [0.25, 0.3) is 33.4 Å². The second-order valence-electron chi connectivity index (χ2n) is 6.75. The van der Waals surface area contributed by atoms with Crippen LogP contribution in [0.3, 0.4) is 0 Å². The van der Waals surface area contributed by atoms with Crippen molar-refractivity contribution in [3.8, 4) is 0 Å². The maximum atomic E-state index is 6.94. The van der Waals surface area contributed by atoms with Gasteiger partial charge in [-0.15, -0.1) is 46.1 Å². The van der Waals surface area contributed by atoms with Crippen molar-refractivity contribution in [2.75, 3.05) is 0 Å². The molecule has 154 valence electrons. The maximum Gasteiger partial charge on any atom is 2.00 e.